The molecule has 32 heavy (non-hydrogen) atoms. The van der Waals surface area contributed by atoms with Crippen LogP contribution in [0.25, 0.3) is 34.2 Å². The van der Waals surface area contributed by atoms with Crippen molar-refractivity contribution >= 4 is 17.2 Å². The van der Waals surface area contributed by atoms with E-state index in [0.717, 1.165) is 40.8 Å². The van der Waals surface area contributed by atoms with Crippen molar-refractivity contribution in [1.82, 2.24) is 24.0 Å². The maximum atomic E-state index is 13.0. The molecule has 4 aromatic heterocycles. The number of hydrogen-bond donors (Lipinski definition) is 0. The number of aromatic nitrogens is 4. The van der Waals surface area contributed by atoms with Crippen LogP contribution in [0.3, 0.4) is 0 Å². The Bertz CT molecular complexity index is 1410. The van der Waals surface area contributed by atoms with Gasteiger partial charge in [-0.1, -0.05) is 12.6 Å². The summed E-state index contributed by atoms with van der Waals surface area (Å²) >= 11 is 0. The Hall–Kier alpha value is -3.51. The highest BCUT2D eigenvalue weighted by Crippen LogP contribution is 2.36. The van der Waals surface area contributed by atoms with Crippen molar-refractivity contribution in [3.05, 3.63) is 82.7 Å². The van der Waals surface area contributed by atoms with E-state index in [1.807, 2.05) is 37.4 Å². The fourth-order valence-corrected chi connectivity index (χ4v) is 5.26. The molecule has 0 aliphatic carbocycles. The van der Waals surface area contributed by atoms with Crippen LogP contribution in [-0.4, -0.2) is 36.6 Å². The second kappa shape index (κ2) is 7.28. The molecular weight excluding hydrogens is 398 g/mol. The van der Waals surface area contributed by atoms with Crippen LogP contribution in [0.4, 0.5) is 0 Å². The molecule has 0 saturated carbocycles. The van der Waals surface area contributed by atoms with Crippen molar-refractivity contribution in [3.8, 4) is 16.9 Å². The molecule has 0 radical (unpaired) electrons. The first-order valence-electron chi connectivity index (χ1n) is 11.2. The summed E-state index contributed by atoms with van der Waals surface area (Å²) < 4.78 is 3.73. The molecular formula is C26H25N5O. The van der Waals surface area contributed by atoms with E-state index in [0.29, 0.717) is 11.9 Å². The molecule has 0 spiro atoms. The van der Waals surface area contributed by atoms with Gasteiger partial charge in [0.25, 0.3) is 5.56 Å². The van der Waals surface area contributed by atoms with Crippen molar-refractivity contribution in [2.24, 2.45) is 0 Å². The third-order valence-corrected chi connectivity index (χ3v) is 6.94. The van der Waals surface area contributed by atoms with Gasteiger partial charge in [0.15, 0.2) is 0 Å². The van der Waals surface area contributed by atoms with Crippen LogP contribution in [0.1, 0.15) is 29.8 Å². The van der Waals surface area contributed by atoms with Gasteiger partial charge in [-0.25, -0.2) is 4.98 Å². The first kappa shape index (κ1) is 19.2. The van der Waals surface area contributed by atoms with Crippen LogP contribution >= 0.6 is 0 Å². The molecule has 1 atom stereocenters. The fourth-order valence-electron chi connectivity index (χ4n) is 5.26. The van der Waals surface area contributed by atoms with Crippen molar-refractivity contribution in [3.63, 3.8) is 0 Å². The summed E-state index contributed by atoms with van der Waals surface area (Å²) in [5, 5.41) is 1.16. The lowest BCUT2D eigenvalue weighted by Crippen LogP contribution is -2.35. The molecule has 1 unspecified atom stereocenters. The van der Waals surface area contributed by atoms with Crippen molar-refractivity contribution in [1.29, 1.82) is 0 Å². The first-order chi connectivity index (χ1) is 15.6. The predicted octanol–water partition coefficient (Wildman–Crippen LogP) is 4.18. The summed E-state index contributed by atoms with van der Waals surface area (Å²) in [6.45, 7) is 8.15. The Morgan fingerprint density at radius 2 is 2.06 bits per heavy atom. The van der Waals surface area contributed by atoms with Crippen molar-refractivity contribution in [2.75, 3.05) is 6.54 Å². The molecule has 2 aliphatic rings. The number of aryl methyl sites for hydroxylation is 1. The Labute approximate surface area is 186 Å². The minimum atomic E-state index is -0.114. The van der Waals surface area contributed by atoms with Gasteiger partial charge in [0.05, 0.1) is 0 Å². The third kappa shape index (κ3) is 2.94. The van der Waals surface area contributed by atoms with Crippen molar-refractivity contribution in [2.45, 2.75) is 38.8 Å². The highest BCUT2D eigenvalue weighted by molar-refractivity contribution is 5.85. The van der Waals surface area contributed by atoms with Crippen LogP contribution < -0.4 is 5.56 Å². The smallest absolute Gasteiger partial charge is 0.256 e. The molecule has 0 bridgehead atoms. The van der Waals surface area contributed by atoms with E-state index in [4.69, 9.17) is 4.98 Å². The lowest BCUT2D eigenvalue weighted by Gasteiger charge is -2.30. The summed E-state index contributed by atoms with van der Waals surface area (Å²) in [6.07, 6.45) is 9.02. The second-order valence-electron chi connectivity index (χ2n) is 8.80. The van der Waals surface area contributed by atoms with E-state index in [-0.39, 0.29) is 5.56 Å². The minimum absolute atomic E-state index is 0.114. The lowest BCUT2D eigenvalue weighted by molar-refractivity contribution is 0.226. The Kier molecular flexibility index (Phi) is 4.36. The SMILES string of the molecule is C=Cn1c2c(c3ccc(-n4ccc(-c5ccc(C)nc5)cc4=O)nc31)CN1CCCC1C2. The fraction of sp³-hybridized carbons (Fsp3) is 0.269. The molecule has 0 N–H and O–H groups in total. The zero-order chi connectivity index (χ0) is 21.8. The maximum absolute atomic E-state index is 13.0. The average molecular weight is 424 g/mol. The summed E-state index contributed by atoms with van der Waals surface area (Å²) in [5.74, 6) is 0.620. The summed E-state index contributed by atoms with van der Waals surface area (Å²) in [7, 11) is 0. The first-order valence-corrected chi connectivity index (χ1v) is 11.2. The van der Waals surface area contributed by atoms with E-state index < -0.39 is 0 Å². The minimum Gasteiger partial charge on any atom is -0.305 e. The molecule has 160 valence electrons. The van der Waals surface area contributed by atoms with Crippen molar-refractivity contribution < 1.29 is 0 Å². The second-order valence-corrected chi connectivity index (χ2v) is 8.80. The molecule has 1 fully saturated rings. The zero-order valence-corrected chi connectivity index (χ0v) is 18.2. The van der Waals surface area contributed by atoms with Crippen LogP contribution in [-0.2, 0) is 13.0 Å². The van der Waals surface area contributed by atoms with Gasteiger partial charge >= 0.3 is 0 Å². The Morgan fingerprint density at radius 3 is 2.84 bits per heavy atom. The zero-order valence-electron chi connectivity index (χ0n) is 18.2. The van der Waals surface area contributed by atoms with E-state index in [2.05, 4.69) is 27.1 Å². The topological polar surface area (TPSA) is 56.0 Å². The Morgan fingerprint density at radius 1 is 1.16 bits per heavy atom. The van der Waals surface area contributed by atoms with Gasteiger partial charge in [-0.05, 0) is 61.7 Å². The number of pyridine rings is 3. The van der Waals surface area contributed by atoms with E-state index in [1.54, 1.807) is 23.0 Å². The van der Waals surface area contributed by atoms with E-state index in [9.17, 15) is 4.79 Å². The van der Waals surface area contributed by atoms with Crippen LogP contribution in [0.5, 0.6) is 0 Å². The summed E-state index contributed by atoms with van der Waals surface area (Å²) in [6, 6.07) is 12.2. The van der Waals surface area contributed by atoms with E-state index >= 15 is 0 Å². The summed E-state index contributed by atoms with van der Waals surface area (Å²) in [4.78, 5) is 24.8. The number of hydrogen-bond acceptors (Lipinski definition) is 4. The van der Waals surface area contributed by atoms with Gasteiger partial charge in [0.2, 0.25) is 0 Å². The monoisotopic (exact) mass is 423 g/mol. The van der Waals surface area contributed by atoms with Crippen LogP contribution in [0, 0.1) is 6.92 Å². The molecule has 4 aromatic rings. The van der Waals surface area contributed by atoms with Gasteiger partial charge in [0.1, 0.15) is 11.5 Å². The molecule has 0 aromatic carbocycles. The normalized spacial score (nSPS) is 18.0. The largest absolute Gasteiger partial charge is 0.305 e. The molecule has 1 saturated heterocycles. The van der Waals surface area contributed by atoms with Crippen LogP contribution in [0.15, 0.2) is 60.2 Å². The number of nitrogens with zero attached hydrogens (tertiary/aromatic N) is 5. The number of rotatable bonds is 3. The molecule has 6 heteroatoms. The van der Waals surface area contributed by atoms with Gasteiger partial charge in [-0.3, -0.25) is 19.2 Å². The van der Waals surface area contributed by atoms with E-state index in [1.165, 1.54) is 30.6 Å². The van der Waals surface area contributed by atoms with Gasteiger partial charge in [-0.15, -0.1) is 0 Å². The molecule has 6 heterocycles. The molecule has 2 aliphatic heterocycles. The van der Waals surface area contributed by atoms with Gasteiger partial charge in [-0.2, -0.15) is 0 Å². The van der Waals surface area contributed by atoms with Crippen LogP contribution in [0.2, 0.25) is 0 Å². The highest BCUT2D eigenvalue weighted by atomic mass is 16.1. The summed E-state index contributed by atoms with van der Waals surface area (Å²) in [5.41, 5.74) is 6.17. The molecule has 0 amide bonds. The van der Waals surface area contributed by atoms with Gasteiger partial charge < -0.3 is 4.57 Å². The highest BCUT2D eigenvalue weighted by Gasteiger charge is 2.33. The Balaban J connectivity index is 1.43. The molecule has 6 nitrogen and oxygen atoms in total. The predicted molar refractivity (Wildman–Crippen MR) is 127 cm³/mol. The van der Waals surface area contributed by atoms with Gasteiger partial charge in [0, 0.05) is 66.0 Å². The lowest BCUT2D eigenvalue weighted by atomic mass is 9.99. The standard InChI is InChI=1S/C26H25N5O/c1-3-30-23-14-20-5-4-11-29(20)16-22(23)21-8-9-24(28-26(21)30)31-12-10-18(13-25(31)32)19-7-6-17(2)27-15-19/h3,6-10,12-13,15,20H,1,4-5,11,14,16H2,2H3. The third-order valence-electron chi connectivity index (χ3n) is 6.94. The quantitative estimate of drug-likeness (QED) is 0.496. The average Bonchev–Trinajstić information content (AvgIpc) is 3.39. The number of fused-ring (bicyclic) bond motifs is 4. The maximum Gasteiger partial charge on any atom is 0.256 e. The molecule has 6 rings (SSSR count).